The van der Waals surface area contributed by atoms with E-state index >= 15 is 0 Å². The van der Waals surface area contributed by atoms with Crippen LogP contribution in [0.4, 0.5) is 5.69 Å². The van der Waals surface area contributed by atoms with Gasteiger partial charge in [-0.2, -0.15) is 0 Å². The molecule has 1 fully saturated rings. The van der Waals surface area contributed by atoms with E-state index in [4.69, 9.17) is 0 Å². The predicted molar refractivity (Wildman–Crippen MR) is 76.2 cm³/mol. The zero-order chi connectivity index (χ0) is 13.7. The van der Waals surface area contributed by atoms with Crippen LogP contribution in [-0.2, 0) is 6.42 Å². The molecule has 4 nitrogen and oxygen atoms in total. The van der Waals surface area contributed by atoms with Gasteiger partial charge in [-0.1, -0.05) is 44.4 Å². The minimum atomic E-state index is -0.276. The summed E-state index contributed by atoms with van der Waals surface area (Å²) in [6, 6.07) is 7.45. The van der Waals surface area contributed by atoms with Crippen LogP contribution in [-0.4, -0.2) is 17.5 Å². The van der Waals surface area contributed by atoms with Crippen LogP contribution in [0.3, 0.4) is 0 Å². The maximum atomic E-state index is 11.0. The summed E-state index contributed by atoms with van der Waals surface area (Å²) < 4.78 is 0. The van der Waals surface area contributed by atoms with Crippen molar-refractivity contribution < 1.29 is 4.92 Å². The molecule has 19 heavy (non-hydrogen) atoms. The Balaban J connectivity index is 2.04. The molecule has 0 spiro atoms. The molecule has 4 heteroatoms. The van der Waals surface area contributed by atoms with Gasteiger partial charge in [0.05, 0.1) is 4.92 Å². The highest BCUT2D eigenvalue weighted by molar-refractivity contribution is 5.40. The van der Waals surface area contributed by atoms with E-state index < -0.39 is 0 Å². The van der Waals surface area contributed by atoms with Gasteiger partial charge >= 0.3 is 0 Å². The van der Waals surface area contributed by atoms with E-state index in [2.05, 4.69) is 12.2 Å². The molecule has 0 aliphatic heterocycles. The average Bonchev–Trinajstić information content (AvgIpc) is 2.34. The van der Waals surface area contributed by atoms with Crippen molar-refractivity contribution in [2.24, 2.45) is 5.92 Å². The highest BCUT2D eigenvalue weighted by Gasteiger charge is 2.23. The molecule has 1 N–H and O–H groups in total. The molecule has 1 saturated carbocycles. The number of para-hydroxylation sites is 1. The topological polar surface area (TPSA) is 55.2 Å². The van der Waals surface area contributed by atoms with Crippen LogP contribution in [0.2, 0.25) is 0 Å². The van der Waals surface area contributed by atoms with Crippen LogP contribution in [0.25, 0.3) is 0 Å². The van der Waals surface area contributed by atoms with Gasteiger partial charge in [-0.25, -0.2) is 0 Å². The maximum Gasteiger partial charge on any atom is 0.272 e. The molecule has 1 atom stereocenters. The standard InChI is InChI=1S/C15H22N2O2/c1-2-16-14(10-12-6-5-7-12)11-13-8-3-4-9-15(13)17(18)19/h3-4,8-9,12,14,16H,2,5-7,10-11H2,1H3. The molecule has 2 rings (SSSR count). The minimum Gasteiger partial charge on any atom is -0.314 e. The molecular weight excluding hydrogens is 240 g/mol. The summed E-state index contributed by atoms with van der Waals surface area (Å²) in [5, 5.41) is 14.5. The number of hydrogen-bond acceptors (Lipinski definition) is 3. The van der Waals surface area contributed by atoms with Crippen molar-refractivity contribution >= 4 is 5.69 Å². The zero-order valence-electron chi connectivity index (χ0n) is 11.5. The Bertz CT molecular complexity index is 430. The molecule has 1 aromatic carbocycles. The average molecular weight is 262 g/mol. The minimum absolute atomic E-state index is 0.249. The second kappa shape index (κ2) is 6.66. The smallest absolute Gasteiger partial charge is 0.272 e. The molecule has 1 aliphatic carbocycles. The third kappa shape index (κ3) is 3.77. The van der Waals surface area contributed by atoms with E-state index in [0.717, 1.165) is 30.9 Å². The second-order valence-electron chi connectivity index (χ2n) is 5.38. The lowest BCUT2D eigenvalue weighted by Gasteiger charge is -2.30. The van der Waals surface area contributed by atoms with Gasteiger partial charge in [0, 0.05) is 17.7 Å². The third-order valence-electron chi connectivity index (χ3n) is 3.99. The van der Waals surface area contributed by atoms with Crippen LogP contribution < -0.4 is 5.32 Å². The lowest BCUT2D eigenvalue weighted by Crippen LogP contribution is -2.34. The number of benzene rings is 1. The van der Waals surface area contributed by atoms with E-state index in [0.29, 0.717) is 6.04 Å². The van der Waals surface area contributed by atoms with Gasteiger partial charge in [-0.05, 0) is 25.3 Å². The van der Waals surface area contributed by atoms with E-state index in [1.54, 1.807) is 12.1 Å². The predicted octanol–water partition coefficient (Wildman–Crippen LogP) is 3.31. The summed E-state index contributed by atoms with van der Waals surface area (Å²) in [5.41, 5.74) is 1.09. The van der Waals surface area contributed by atoms with Gasteiger partial charge in [0.25, 0.3) is 5.69 Å². The van der Waals surface area contributed by atoms with Gasteiger partial charge in [-0.15, -0.1) is 0 Å². The highest BCUT2D eigenvalue weighted by Crippen LogP contribution is 2.31. The third-order valence-corrected chi connectivity index (χ3v) is 3.99. The molecule has 0 amide bonds. The first-order chi connectivity index (χ1) is 9.20. The molecule has 1 aliphatic rings. The fourth-order valence-corrected chi connectivity index (χ4v) is 2.79. The van der Waals surface area contributed by atoms with Crippen molar-refractivity contribution in [1.82, 2.24) is 5.32 Å². The monoisotopic (exact) mass is 262 g/mol. The summed E-state index contributed by atoms with van der Waals surface area (Å²) >= 11 is 0. The van der Waals surface area contributed by atoms with Crippen LogP contribution in [0.5, 0.6) is 0 Å². The second-order valence-corrected chi connectivity index (χ2v) is 5.38. The van der Waals surface area contributed by atoms with Gasteiger partial charge in [-0.3, -0.25) is 10.1 Å². The molecule has 104 valence electrons. The Labute approximate surface area is 114 Å². The lowest BCUT2D eigenvalue weighted by molar-refractivity contribution is -0.385. The quantitative estimate of drug-likeness (QED) is 0.606. The number of hydrogen-bond donors (Lipinski definition) is 1. The van der Waals surface area contributed by atoms with Crippen LogP contribution in [0, 0.1) is 16.0 Å². The summed E-state index contributed by atoms with van der Waals surface area (Å²) in [4.78, 5) is 10.8. The van der Waals surface area contributed by atoms with Gasteiger partial charge in [0.2, 0.25) is 0 Å². The van der Waals surface area contributed by atoms with Crippen molar-refractivity contribution in [1.29, 1.82) is 0 Å². The summed E-state index contributed by atoms with van der Waals surface area (Å²) in [5.74, 6) is 0.812. The molecule has 0 radical (unpaired) electrons. The number of nitrogens with zero attached hydrogens (tertiary/aromatic N) is 1. The number of nitro benzene ring substituents is 1. The van der Waals surface area contributed by atoms with Crippen LogP contribution in [0.1, 0.15) is 38.2 Å². The Morgan fingerprint density at radius 2 is 2.16 bits per heavy atom. The SMILES string of the molecule is CCNC(Cc1ccccc1[N+](=O)[O-])CC1CCC1. The Morgan fingerprint density at radius 3 is 2.74 bits per heavy atom. The van der Waals surface area contributed by atoms with Crippen molar-refractivity contribution in [3.8, 4) is 0 Å². The van der Waals surface area contributed by atoms with Crippen molar-refractivity contribution in [3.63, 3.8) is 0 Å². The van der Waals surface area contributed by atoms with Crippen LogP contribution >= 0.6 is 0 Å². The molecule has 1 unspecified atom stereocenters. The Morgan fingerprint density at radius 1 is 1.42 bits per heavy atom. The van der Waals surface area contributed by atoms with Gasteiger partial charge < -0.3 is 5.32 Å². The molecular formula is C15H22N2O2. The van der Waals surface area contributed by atoms with Crippen LogP contribution in [0.15, 0.2) is 24.3 Å². The number of nitro groups is 1. The molecule has 0 heterocycles. The zero-order valence-corrected chi connectivity index (χ0v) is 11.5. The fraction of sp³-hybridized carbons (Fsp3) is 0.600. The van der Waals surface area contributed by atoms with E-state index in [9.17, 15) is 10.1 Å². The first-order valence-electron chi connectivity index (χ1n) is 7.16. The number of nitrogens with one attached hydrogen (secondary N) is 1. The first-order valence-corrected chi connectivity index (χ1v) is 7.16. The highest BCUT2D eigenvalue weighted by atomic mass is 16.6. The normalized spacial score (nSPS) is 16.9. The molecule has 0 aromatic heterocycles. The maximum absolute atomic E-state index is 11.0. The van der Waals surface area contributed by atoms with Crippen molar-refractivity contribution in [2.45, 2.75) is 45.1 Å². The Kier molecular flexibility index (Phi) is 4.91. The number of likely N-dealkylation sites (N-methyl/N-ethyl adjacent to an activating group) is 1. The molecule has 1 aromatic rings. The first kappa shape index (κ1) is 14.0. The summed E-state index contributed by atoms with van der Waals surface area (Å²) in [6.45, 7) is 3.01. The van der Waals surface area contributed by atoms with Crippen molar-refractivity contribution in [2.75, 3.05) is 6.54 Å². The summed E-state index contributed by atoms with van der Waals surface area (Å²) in [7, 11) is 0. The van der Waals surface area contributed by atoms with E-state index in [-0.39, 0.29) is 10.6 Å². The van der Waals surface area contributed by atoms with E-state index in [1.165, 1.54) is 19.3 Å². The molecule has 0 bridgehead atoms. The van der Waals surface area contributed by atoms with E-state index in [1.807, 2.05) is 12.1 Å². The van der Waals surface area contributed by atoms with Crippen molar-refractivity contribution in [3.05, 3.63) is 39.9 Å². The summed E-state index contributed by atoms with van der Waals surface area (Å²) in [6.07, 6.45) is 5.87. The fourth-order valence-electron chi connectivity index (χ4n) is 2.79. The van der Waals surface area contributed by atoms with Gasteiger partial charge in [0.1, 0.15) is 0 Å². The number of rotatable bonds is 7. The Hall–Kier alpha value is -1.42. The molecule has 0 saturated heterocycles. The largest absolute Gasteiger partial charge is 0.314 e. The lowest BCUT2D eigenvalue weighted by atomic mass is 9.80. The van der Waals surface area contributed by atoms with Gasteiger partial charge in [0.15, 0.2) is 0 Å².